The molecule has 132 valence electrons. The van der Waals surface area contributed by atoms with E-state index < -0.39 is 0 Å². The molecule has 2 heterocycles. The van der Waals surface area contributed by atoms with Crippen LogP contribution in [0.4, 0.5) is 0 Å². The summed E-state index contributed by atoms with van der Waals surface area (Å²) in [6, 6.07) is 7.87. The third-order valence-corrected chi connectivity index (χ3v) is 5.01. The number of fused-ring (bicyclic) bond motifs is 1. The predicted molar refractivity (Wildman–Crippen MR) is 95.4 cm³/mol. The number of nitriles is 1. The minimum atomic E-state index is -0.318. The number of aryl methyl sites for hydroxylation is 2. The largest absolute Gasteiger partial charge is 0.465 e. The van der Waals surface area contributed by atoms with Crippen LogP contribution in [0.5, 0.6) is 0 Å². The van der Waals surface area contributed by atoms with Gasteiger partial charge in [-0.15, -0.1) is 0 Å². The predicted octanol–water partition coefficient (Wildman–Crippen LogP) is 3.70. The maximum atomic E-state index is 11.9. The molecule has 0 saturated carbocycles. The topological polar surface area (TPSA) is 64.2 Å². The quantitative estimate of drug-likeness (QED) is 0.752. The van der Waals surface area contributed by atoms with Crippen LogP contribution in [0.25, 0.3) is 10.9 Å². The van der Waals surface area contributed by atoms with Gasteiger partial charge >= 0.3 is 5.97 Å². The van der Waals surface area contributed by atoms with Gasteiger partial charge in [0.05, 0.1) is 25.2 Å². The standard InChI is InChI=1S/C20H24N2O3/c1-24-20(23)16-5-6-19-18(13-16)17(14-22(19)10-2-9-21)4-3-15-7-11-25-12-8-15/h5-6,13-15H,2-4,7-8,10-12H2,1H3. The third-order valence-electron chi connectivity index (χ3n) is 5.01. The van der Waals surface area contributed by atoms with E-state index >= 15 is 0 Å². The second-order valence-electron chi connectivity index (χ2n) is 6.57. The number of aromatic nitrogens is 1. The Morgan fingerprint density at radius 3 is 2.92 bits per heavy atom. The summed E-state index contributed by atoms with van der Waals surface area (Å²) in [5.74, 6) is 0.386. The highest BCUT2D eigenvalue weighted by Gasteiger charge is 2.17. The summed E-state index contributed by atoms with van der Waals surface area (Å²) < 4.78 is 12.4. The van der Waals surface area contributed by atoms with Gasteiger partial charge in [0.1, 0.15) is 0 Å². The monoisotopic (exact) mass is 340 g/mol. The molecule has 0 aliphatic carbocycles. The van der Waals surface area contributed by atoms with Crippen molar-refractivity contribution in [2.75, 3.05) is 20.3 Å². The Hall–Kier alpha value is -2.32. The second kappa shape index (κ2) is 8.17. The molecule has 0 N–H and O–H groups in total. The van der Waals surface area contributed by atoms with Gasteiger partial charge in [0, 0.05) is 36.9 Å². The molecular formula is C20H24N2O3. The van der Waals surface area contributed by atoms with Crippen LogP contribution in [0.3, 0.4) is 0 Å². The van der Waals surface area contributed by atoms with Crippen LogP contribution in [0.15, 0.2) is 24.4 Å². The van der Waals surface area contributed by atoms with Gasteiger partial charge < -0.3 is 14.0 Å². The van der Waals surface area contributed by atoms with E-state index in [1.54, 1.807) is 6.07 Å². The first-order valence-electron chi connectivity index (χ1n) is 8.87. The average Bonchev–Trinajstić information content (AvgIpc) is 3.02. The van der Waals surface area contributed by atoms with E-state index in [4.69, 9.17) is 14.7 Å². The van der Waals surface area contributed by atoms with Gasteiger partial charge in [-0.3, -0.25) is 0 Å². The molecule has 0 atom stereocenters. The molecule has 0 amide bonds. The lowest BCUT2D eigenvalue weighted by Crippen LogP contribution is -2.16. The van der Waals surface area contributed by atoms with E-state index in [0.717, 1.165) is 49.8 Å². The van der Waals surface area contributed by atoms with Crippen molar-refractivity contribution in [1.82, 2.24) is 4.57 Å². The second-order valence-corrected chi connectivity index (χ2v) is 6.57. The number of carbonyl (C=O) groups excluding carboxylic acids is 1. The van der Waals surface area contributed by atoms with Crippen molar-refractivity contribution in [1.29, 1.82) is 5.26 Å². The van der Waals surface area contributed by atoms with E-state index in [-0.39, 0.29) is 5.97 Å². The van der Waals surface area contributed by atoms with Crippen LogP contribution in [0.2, 0.25) is 0 Å². The molecule has 0 radical (unpaired) electrons. The zero-order chi connectivity index (χ0) is 17.6. The van der Waals surface area contributed by atoms with Gasteiger partial charge in [0.2, 0.25) is 0 Å². The molecule has 3 rings (SSSR count). The summed E-state index contributed by atoms with van der Waals surface area (Å²) in [5.41, 5.74) is 2.88. The first-order chi connectivity index (χ1) is 12.2. The Bertz CT molecular complexity index is 782. The first-order valence-corrected chi connectivity index (χ1v) is 8.87. The summed E-state index contributed by atoms with van der Waals surface area (Å²) in [4.78, 5) is 11.9. The lowest BCUT2D eigenvalue weighted by molar-refractivity contribution is 0.0600. The molecule has 0 bridgehead atoms. The van der Waals surface area contributed by atoms with E-state index in [1.807, 2.05) is 12.1 Å². The molecule has 1 aromatic heterocycles. The zero-order valence-corrected chi connectivity index (χ0v) is 14.7. The number of ether oxygens (including phenoxy) is 2. The Kier molecular flexibility index (Phi) is 5.72. The molecule has 5 heteroatoms. The molecule has 5 nitrogen and oxygen atoms in total. The number of esters is 1. The molecule has 0 spiro atoms. The Labute approximate surface area is 148 Å². The van der Waals surface area contributed by atoms with Gasteiger partial charge in [-0.1, -0.05) is 0 Å². The van der Waals surface area contributed by atoms with Gasteiger partial charge in [-0.05, 0) is 55.4 Å². The number of benzene rings is 1. The SMILES string of the molecule is COC(=O)c1ccc2c(c1)c(CCC1CCOCC1)cn2CCC#N. The van der Waals surface area contributed by atoms with E-state index in [9.17, 15) is 4.79 Å². The van der Waals surface area contributed by atoms with Gasteiger partial charge in [-0.25, -0.2) is 4.79 Å². The molecule has 1 saturated heterocycles. The minimum absolute atomic E-state index is 0.318. The number of hydrogen-bond acceptors (Lipinski definition) is 4. The van der Waals surface area contributed by atoms with Crippen LogP contribution < -0.4 is 0 Å². The smallest absolute Gasteiger partial charge is 0.337 e. The van der Waals surface area contributed by atoms with Crippen molar-refractivity contribution in [2.24, 2.45) is 5.92 Å². The van der Waals surface area contributed by atoms with E-state index in [0.29, 0.717) is 24.4 Å². The van der Waals surface area contributed by atoms with Crippen LogP contribution in [0, 0.1) is 17.2 Å². The van der Waals surface area contributed by atoms with Crippen molar-refractivity contribution in [3.63, 3.8) is 0 Å². The summed E-state index contributed by atoms with van der Waals surface area (Å²) in [5, 5.41) is 9.98. The Morgan fingerprint density at radius 1 is 1.40 bits per heavy atom. The molecule has 2 aromatic rings. The normalized spacial score (nSPS) is 15.2. The fourth-order valence-corrected chi connectivity index (χ4v) is 3.57. The van der Waals surface area contributed by atoms with Crippen LogP contribution in [-0.2, 0) is 22.4 Å². The highest BCUT2D eigenvalue weighted by Crippen LogP contribution is 2.27. The van der Waals surface area contributed by atoms with Gasteiger partial charge in [0.25, 0.3) is 0 Å². The van der Waals surface area contributed by atoms with Crippen LogP contribution in [-0.4, -0.2) is 30.9 Å². The van der Waals surface area contributed by atoms with Gasteiger partial charge in [-0.2, -0.15) is 5.26 Å². The number of carbonyl (C=O) groups is 1. The summed E-state index contributed by atoms with van der Waals surface area (Å²) in [6.45, 7) is 2.39. The summed E-state index contributed by atoms with van der Waals surface area (Å²) in [6.07, 6.45) is 6.97. The fourth-order valence-electron chi connectivity index (χ4n) is 3.57. The van der Waals surface area contributed by atoms with E-state index in [1.165, 1.54) is 12.7 Å². The molecule has 0 unspecified atom stereocenters. The van der Waals surface area contributed by atoms with Crippen LogP contribution in [0.1, 0.15) is 41.6 Å². The number of rotatable bonds is 6. The molecule has 1 aliphatic rings. The highest BCUT2D eigenvalue weighted by atomic mass is 16.5. The third kappa shape index (κ3) is 4.02. The Balaban J connectivity index is 1.88. The maximum Gasteiger partial charge on any atom is 0.337 e. The zero-order valence-electron chi connectivity index (χ0n) is 14.7. The molecular weight excluding hydrogens is 316 g/mol. The van der Waals surface area contributed by atoms with Crippen molar-refractivity contribution in [3.8, 4) is 6.07 Å². The summed E-state index contributed by atoms with van der Waals surface area (Å²) in [7, 11) is 1.40. The molecule has 1 fully saturated rings. The molecule has 1 aromatic carbocycles. The first kappa shape index (κ1) is 17.5. The van der Waals surface area contributed by atoms with Crippen LogP contribution >= 0.6 is 0 Å². The lowest BCUT2D eigenvalue weighted by atomic mass is 9.92. The number of hydrogen-bond donors (Lipinski definition) is 0. The lowest BCUT2D eigenvalue weighted by Gasteiger charge is -2.21. The fraction of sp³-hybridized carbons (Fsp3) is 0.500. The number of nitrogens with zero attached hydrogens (tertiary/aromatic N) is 2. The maximum absolute atomic E-state index is 11.9. The molecule has 25 heavy (non-hydrogen) atoms. The van der Waals surface area contributed by atoms with Gasteiger partial charge in [0.15, 0.2) is 0 Å². The average molecular weight is 340 g/mol. The number of methoxy groups -OCH3 is 1. The van der Waals surface area contributed by atoms with Crippen molar-refractivity contribution in [2.45, 2.75) is 38.6 Å². The van der Waals surface area contributed by atoms with Crippen molar-refractivity contribution in [3.05, 3.63) is 35.5 Å². The van der Waals surface area contributed by atoms with Crippen molar-refractivity contribution < 1.29 is 14.3 Å². The Morgan fingerprint density at radius 2 is 2.20 bits per heavy atom. The van der Waals surface area contributed by atoms with E-state index in [2.05, 4.69) is 16.8 Å². The highest BCUT2D eigenvalue weighted by molar-refractivity contribution is 5.95. The van der Waals surface area contributed by atoms with Crippen molar-refractivity contribution >= 4 is 16.9 Å². The molecule has 1 aliphatic heterocycles. The minimum Gasteiger partial charge on any atom is -0.465 e. The summed E-state index contributed by atoms with van der Waals surface area (Å²) >= 11 is 0.